The van der Waals surface area contributed by atoms with Gasteiger partial charge in [-0.2, -0.15) is 0 Å². The van der Waals surface area contributed by atoms with Crippen LogP contribution in [0.4, 0.5) is 5.69 Å². The molecule has 1 saturated heterocycles. The molecule has 1 aliphatic rings. The topological polar surface area (TPSA) is 57.6 Å². The molecule has 0 unspecified atom stereocenters. The average molecular weight is 424 g/mol. The molecule has 1 atom stereocenters. The Morgan fingerprint density at radius 2 is 1.34 bits per heavy atom. The zero-order valence-electron chi connectivity index (χ0n) is 15.0. The van der Waals surface area contributed by atoms with Crippen molar-refractivity contribution in [3.63, 3.8) is 0 Å². The number of ketones is 1. The molecule has 4 nitrogen and oxygen atoms in total. The highest BCUT2D eigenvalue weighted by Gasteiger charge is 2.46. The smallest absolute Gasteiger partial charge is 0.300 e. The van der Waals surface area contributed by atoms with E-state index in [0.717, 1.165) is 0 Å². The van der Waals surface area contributed by atoms with E-state index in [9.17, 15) is 14.7 Å². The number of Topliss-reactive ketones (excluding diaryl/α,β-unsaturated/α-hetero) is 1. The number of aliphatic hydroxyl groups excluding tert-OH is 1. The van der Waals surface area contributed by atoms with E-state index in [0.29, 0.717) is 26.9 Å². The molecule has 3 aromatic rings. The molecule has 1 fully saturated rings. The number of benzene rings is 3. The van der Waals surface area contributed by atoms with E-state index in [1.54, 1.807) is 72.8 Å². The number of carbonyl (C=O) groups is 2. The van der Waals surface area contributed by atoms with Crippen molar-refractivity contribution in [2.75, 3.05) is 4.90 Å². The number of halogens is 2. The van der Waals surface area contributed by atoms with E-state index in [1.165, 1.54) is 4.90 Å². The first-order chi connectivity index (χ1) is 14.0. The van der Waals surface area contributed by atoms with Gasteiger partial charge < -0.3 is 5.11 Å². The molecule has 0 aliphatic carbocycles. The fourth-order valence-corrected chi connectivity index (χ4v) is 3.66. The molecule has 1 aliphatic heterocycles. The normalized spacial score (nSPS) is 18.3. The minimum Gasteiger partial charge on any atom is -0.507 e. The van der Waals surface area contributed by atoms with Crippen LogP contribution in [0.3, 0.4) is 0 Å². The maximum atomic E-state index is 13.0. The first kappa shape index (κ1) is 19.2. The minimum atomic E-state index is -0.787. The number of nitrogens with zero attached hydrogens (tertiary/aromatic N) is 1. The van der Waals surface area contributed by atoms with Gasteiger partial charge in [-0.3, -0.25) is 14.5 Å². The third-order valence-corrected chi connectivity index (χ3v) is 5.29. The molecule has 29 heavy (non-hydrogen) atoms. The van der Waals surface area contributed by atoms with Crippen LogP contribution in [0.15, 0.2) is 84.4 Å². The Balaban J connectivity index is 1.94. The van der Waals surface area contributed by atoms with Crippen molar-refractivity contribution in [2.45, 2.75) is 6.04 Å². The van der Waals surface area contributed by atoms with E-state index in [-0.39, 0.29) is 11.3 Å². The predicted molar refractivity (Wildman–Crippen MR) is 114 cm³/mol. The van der Waals surface area contributed by atoms with Crippen molar-refractivity contribution in [3.05, 3.63) is 106 Å². The predicted octanol–water partition coefficient (Wildman–Crippen LogP) is 5.62. The van der Waals surface area contributed by atoms with E-state index in [2.05, 4.69) is 0 Å². The second-order valence-corrected chi connectivity index (χ2v) is 7.44. The van der Waals surface area contributed by atoms with Crippen molar-refractivity contribution in [3.8, 4) is 0 Å². The molecule has 0 bridgehead atoms. The molecule has 0 spiro atoms. The zero-order valence-corrected chi connectivity index (χ0v) is 16.6. The van der Waals surface area contributed by atoms with Crippen molar-refractivity contribution < 1.29 is 14.7 Å². The van der Waals surface area contributed by atoms with Crippen LogP contribution >= 0.6 is 23.2 Å². The highest BCUT2D eigenvalue weighted by Crippen LogP contribution is 2.42. The number of amides is 1. The summed E-state index contributed by atoms with van der Waals surface area (Å²) in [5, 5.41) is 12.0. The number of hydrogen-bond donors (Lipinski definition) is 1. The molecule has 0 saturated carbocycles. The monoisotopic (exact) mass is 423 g/mol. The van der Waals surface area contributed by atoms with Gasteiger partial charge in [-0.15, -0.1) is 0 Å². The van der Waals surface area contributed by atoms with Gasteiger partial charge in [0.15, 0.2) is 0 Å². The van der Waals surface area contributed by atoms with Gasteiger partial charge in [0, 0.05) is 21.3 Å². The number of anilines is 1. The third-order valence-electron chi connectivity index (χ3n) is 4.78. The molecule has 4 rings (SSSR count). The lowest BCUT2D eigenvalue weighted by atomic mass is 9.95. The SMILES string of the molecule is O=C1C(=O)N(c2ccccc2)[C@H](c2ccc(Cl)cc2)C1=C(O)c1ccc(Cl)cc1. The number of hydrogen-bond acceptors (Lipinski definition) is 3. The fourth-order valence-electron chi connectivity index (χ4n) is 3.41. The quantitative estimate of drug-likeness (QED) is 0.337. The van der Waals surface area contributed by atoms with Gasteiger partial charge in [-0.25, -0.2) is 0 Å². The number of rotatable bonds is 3. The molecule has 144 valence electrons. The summed E-state index contributed by atoms with van der Waals surface area (Å²) in [6.45, 7) is 0. The Kier molecular flexibility index (Phi) is 5.14. The van der Waals surface area contributed by atoms with Gasteiger partial charge in [-0.05, 0) is 54.1 Å². The highest BCUT2D eigenvalue weighted by molar-refractivity contribution is 6.51. The summed E-state index contributed by atoms with van der Waals surface area (Å²) in [4.78, 5) is 27.3. The molecular weight excluding hydrogens is 409 g/mol. The zero-order chi connectivity index (χ0) is 20.5. The molecule has 0 radical (unpaired) electrons. The summed E-state index contributed by atoms with van der Waals surface area (Å²) >= 11 is 11.9. The summed E-state index contributed by atoms with van der Waals surface area (Å²) in [5.41, 5.74) is 1.64. The molecule has 3 aromatic carbocycles. The Morgan fingerprint density at radius 3 is 1.93 bits per heavy atom. The maximum absolute atomic E-state index is 13.0. The summed E-state index contributed by atoms with van der Waals surface area (Å²) < 4.78 is 0. The Labute approximate surface area is 177 Å². The second kappa shape index (κ2) is 7.74. The van der Waals surface area contributed by atoms with Gasteiger partial charge in [-0.1, -0.05) is 53.5 Å². The molecular formula is C23H15Cl2NO3. The van der Waals surface area contributed by atoms with Gasteiger partial charge in [0.05, 0.1) is 11.6 Å². The lowest BCUT2D eigenvalue weighted by Gasteiger charge is -2.25. The average Bonchev–Trinajstić information content (AvgIpc) is 3.00. The summed E-state index contributed by atoms with van der Waals surface area (Å²) in [7, 11) is 0. The van der Waals surface area contributed by atoms with Crippen LogP contribution in [0.5, 0.6) is 0 Å². The molecule has 6 heteroatoms. The molecule has 1 N–H and O–H groups in total. The van der Waals surface area contributed by atoms with Gasteiger partial charge in [0.1, 0.15) is 5.76 Å². The van der Waals surface area contributed by atoms with Gasteiger partial charge in [0.2, 0.25) is 0 Å². The summed E-state index contributed by atoms with van der Waals surface area (Å²) in [6, 6.07) is 21.4. The second-order valence-electron chi connectivity index (χ2n) is 6.56. The first-order valence-corrected chi connectivity index (χ1v) is 9.60. The van der Waals surface area contributed by atoms with Crippen molar-refractivity contribution in [2.24, 2.45) is 0 Å². The third kappa shape index (κ3) is 3.53. The summed E-state index contributed by atoms with van der Waals surface area (Å²) in [5.74, 6) is -1.70. The largest absolute Gasteiger partial charge is 0.507 e. The molecule has 1 heterocycles. The first-order valence-electron chi connectivity index (χ1n) is 8.85. The number of para-hydroxylation sites is 1. The lowest BCUT2D eigenvalue weighted by molar-refractivity contribution is -0.132. The Bertz CT molecular complexity index is 1110. The van der Waals surface area contributed by atoms with Crippen molar-refractivity contribution in [1.82, 2.24) is 0 Å². The van der Waals surface area contributed by atoms with Crippen LogP contribution < -0.4 is 4.90 Å². The van der Waals surface area contributed by atoms with E-state index in [4.69, 9.17) is 23.2 Å². The Hall–Kier alpha value is -3.08. The fraction of sp³-hybridized carbons (Fsp3) is 0.0435. The van der Waals surface area contributed by atoms with Crippen LogP contribution in [-0.2, 0) is 9.59 Å². The lowest BCUT2D eigenvalue weighted by Crippen LogP contribution is -2.29. The van der Waals surface area contributed by atoms with Crippen molar-refractivity contribution >= 4 is 46.3 Å². The van der Waals surface area contributed by atoms with Crippen LogP contribution in [0, 0.1) is 0 Å². The van der Waals surface area contributed by atoms with Gasteiger partial charge >= 0.3 is 0 Å². The Morgan fingerprint density at radius 1 is 0.793 bits per heavy atom. The van der Waals surface area contributed by atoms with E-state index in [1.807, 2.05) is 6.07 Å². The van der Waals surface area contributed by atoms with Crippen LogP contribution in [0.2, 0.25) is 10.0 Å². The van der Waals surface area contributed by atoms with E-state index >= 15 is 0 Å². The highest BCUT2D eigenvalue weighted by atomic mass is 35.5. The van der Waals surface area contributed by atoms with Crippen LogP contribution in [0.25, 0.3) is 5.76 Å². The number of aliphatic hydroxyl groups is 1. The number of carbonyl (C=O) groups excluding carboxylic acids is 2. The van der Waals surface area contributed by atoms with E-state index < -0.39 is 17.7 Å². The molecule has 0 aromatic heterocycles. The van der Waals surface area contributed by atoms with Crippen LogP contribution in [-0.4, -0.2) is 16.8 Å². The minimum absolute atomic E-state index is 0.0171. The maximum Gasteiger partial charge on any atom is 0.300 e. The van der Waals surface area contributed by atoms with Crippen molar-refractivity contribution in [1.29, 1.82) is 0 Å². The summed E-state index contributed by atoms with van der Waals surface area (Å²) in [6.07, 6.45) is 0. The molecule has 1 amide bonds. The van der Waals surface area contributed by atoms with Gasteiger partial charge in [0.25, 0.3) is 11.7 Å². The standard InChI is InChI=1S/C23H15Cl2NO3/c24-16-10-6-14(7-11-16)20-19(21(27)15-8-12-17(25)13-9-15)22(28)23(29)26(20)18-4-2-1-3-5-18/h1-13,20,27H/t20-/m1/s1. The van der Waals surface area contributed by atoms with Crippen LogP contribution in [0.1, 0.15) is 17.2 Å².